The van der Waals surface area contributed by atoms with Crippen LogP contribution >= 0.6 is 0 Å². The molecule has 2 rings (SSSR count). The van der Waals surface area contributed by atoms with Crippen LogP contribution < -0.4 is 0 Å². The normalized spacial score (nSPS) is 30.0. The molecule has 0 aliphatic heterocycles. The number of aromatic nitrogens is 4. The van der Waals surface area contributed by atoms with Gasteiger partial charge in [0, 0.05) is 0 Å². The van der Waals surface area contributed by atoms with Gasteiger partial charge < -0.3 is 5.11 Å². The SMILES string of the molecule is CCC(O)(c1nnn(C)n1)C1CC1C. The molecule has 1 aliphatic rings. The van der Waals surface area contributed by atoms with Gasteiger partial charge in [0.1, 0.15) is 5.60 Å². The second-order valence-corrected chi connectivity index (χ2v) is 4.20. The van der Waals surface area contributed by atoms with Crippen LogP contribution in [-0.2, 0) is 12.6 Å². The Morgan fingerprint density at radius 2 is 2.29 bits per heavy atom. The maximum atomic E-state index is 10.4. The summed E-state index contributed by atoms with van der Waals surface area (Å²) in [6.07, 6.45) is 1.70. The van der Waals surface area contributed by atoms with Gasteiger partial charge in [-0.3, -0.25) is 0 Å². The molecule has 5 heteroatoms. The summed E-state index contributed by atoms with van der Waals surface area (Å²) in [5.74, 6) is 1.34. The van der Waals surface area contributed by atoms with Crippen LogP contribution in [-0.4, -0.2) is 25.3 Å². The van der Waals surface area contributed by atoms with Gasteiger partial charge in [0.05, 0.1) is 7.05 Å². The van der Waals surface area contributed by atoms with E-state index in [0.717, 1.165) is 6.42 Å². The molecule has 0 bridgehead atoms. The van der Waals surface area contributed by atoms with E-state index in [1.54, 1.807) is 7.05 Å². The third-order valence-electron chi connectivity index (χ3n) is 3.16. The molecule has 1 aromatic rings. The second-order valence-electron chi connectivity index (χ2n) is 4.20. The Bertz CT molecular complexity index is 337. The van der Waals surface area contributed by atoms with Crippen molar-refractivity contribution in [3.05, 3.63) is 5.82 Å². The Morgan fingerprint density at radius 3 is 2.64 bits per heavy atom. The first-order valence-corrected chi connectivity index (χ1v) is 5.04. The van der Waals surface area contributed by atoms with Crippen molar-refractivity contribution in [2.24, 2.45) is 18.9 Å². The lowest BCUT2D eigenvalue weighted by atomic mass is 9.92. The highest BCUT2D eigenvalue weighted by molar-refractivity contribution is 5.08. The maximum absolute atomic E-state index is 10.4. The molecular weight excluding hydrogens is 180 g/mol. The van der Waals surface area contributed by atoms with Crippen LogP contribution in [0.15, 0.2) is 0 Å². The summed E-state index contributed by atoms with van der Waals surface area (Å²) in [4.78, 5) is 1.39. The Kier molecular flexibility index (Phi) is 2.06. The Labute approximate surface area is 83.1 Å². The van der Waals surface area contributed by atoms with Crippen molar-refractivity contribution in [1.29, 1.82) is 0 Å². The monoisotopic (exact) mass is 196 g/mol. The van der Waals surface area contributed by atoms with E-state index >= 15 is 0 Å². The molecule has 3 atom stereocenters. The van der Waals surface area contributed by atoms with Crippen molar-refractivity contribution >= 4 is 0 Å². The van der Waals surface area contributed by atoms with Crippen LogP contribution in [0.2, 0.25) is 0 Å². The number of rotatable bonds is 3. The molecule has 0 amide bonds. The van der Waals surface area contributed by atoms with E-state index in [4.69, 9.17) is 0 Å². The first kappa shape index (κ1) is 9.58. The van der Waals surface area contributed by atoms with Crippen molar-refractivity contribution in [3.63, 3.8) is 0 Å². The highest BCUT2D eigenvalue weighted by Crippen LogP contribution is 2.51. The second kappa shape index (κ2) is 3.02. The number of nitrogens with zero attached hydrogens (tertiary/aromatic N) is 4. The van der Waals surface area contributed by atoms with Gasteiger partial charge in [0.15, 0.2) is 0 Å². The van der Waals surface area contributed by atoms with E-state index in [0.29, 0.717) is 24.1 Å². The van der Waals surface area contributed by atoms with Crippen LogP contribution in [0.25, 0.3) is 0 Å². The summed E-state index contributed by atoms with van der Waals surface area (Å²) in [6.45, 7) is 4.10. The molecule has 1 saturated carbocycles. The number of hydrogen-bond acceptors (Lipinski definition) is 4. The van der Waals surface area contributed by atoms with Gasteiger partial charge in [0.2, 0.25) is 5.82 Å². The molecule has 14 heavy (non-hydrogen) atoms. The van der Waals surface area contributed by atoms with Crippen LogP contribution in [0.5, 0.6) is 0 Å². The lowest BCUT2D eigenvalue weighted by Crippen LogP contribution is -2.30. The molecule has 1 aromatic heterocycles. The molecule has 3 unspecified atom stereocenters. The van der Waals surface area contributed by atoms with Gasteiger partial charge >= 0.3 is 0 Å². The van der Waals surface area contributed by atoms with Gasteiger partial charge in [-0.15, -0.1) is 10.2 Å². The zero-order valence-corrected chi connectivity index (χ0v) is 8.80. The summed E-state index contributed by atoms with van der Waals surface area (Å²) in [7, 11) is 1.71. The van der Waals surface area contributed by atoms with Gasteiger partial charge in [-0.2, -0.15) is 4.80 Å². The quantitative estimate of drug-likeness (QED) is 0.763. The number of aryl methyl sites for hydroxylation is 1. The van der Waals surface area contributed by atoms with Crippen LogP contribution in [0, 0.1) is 11.8 Å². The topological polar surface area (TPSA) is 63.8 Å². The number of aliphatic hydroxyl groups is 1. The van der Waals surface area contributed by atoms with Gasteiger partial charge in [0.25, 0.3) is 0 Å². The van der Waals surface area contributed by atoms with Crippen molar-refractivity contribution in [2.45, 2.75) is 32.3 Å². The van der Waals surface area contributed by atoms with E-state index in [2.05, 4.69) is 22.3 Å². The minimum Gasteiger partial charge on any atom is -0.381 e. The summed E-state index contributed by atoms with van der Waals surface area (Å²) in [5.41, 5.74) is -0.867. The molecule has 1 heterocycles. The smallest absolute Gasteiger partial charge is 0.206 e. The number of hydrogen-bond donors (Lipinski definition) is 1. The fourth-order valence-corrected chi connectivity index (χ4v) is 2.03. The number of tetrazole rings is 1. The highest BCUT2D eigenvalue weighted by Gasteiger charge is 2.51. The molecule has 0 spiro atoms. The zero-order valence-electron chi connectivity index (χ0n) is 8.80. The summed E-state index contributed by atoms with van der Waals surface area (Å²) >= 11 is 0. The fraction of sp³-hybridized carbons (Fsp3) is 0.889. The van der Waals surface area contributed by atoms with Gasteiger partial charge in [-0.05, 0) is 29.9 Å². The molecule has 78 valence electrons. The average Bonchev–Trinajstić information content (AvgIpc) is 2.73. The molecule has 1 N–H and O–H groups in total. The van der Waals surface area contributed by atoms with Crippen LogP contribution in [0.4, 0.5) is 0 Å². The Balaban J connectivity index is 2.28. The third kappa shape index (κ3) is 1.32. The molecule has 0 aromatic carbocycles. The van der Waals surface area contributed by atoms with Crippen molar-refractivity contribution in [2.75, 3.05) is 0 Å². The zero-order chi connectivity index (χ0) is 10.3. The molecule has 5 nitrogen and oxygen atoms in total. The predicted molar refractivity (Wildman–Crippen MR) is 50.3 cm³/mol. The summed E-state index contributed by atoms with van der Waals surface area (Å²) < 4.78 is 0. The largest absolute Gasteiger partial charge is 0.381 e. The molecule has 0 saturated heterocycles. The third-order valence-corrected chi connectivity index (χ3v) is 3.16. The fourth-order valence-electron chi connectivity index (χ4n) is 2.03. The van der Waals surface area contributed by atoms with E-state index in [-0.39, 0.29) is 0 Å². The van der Waals surface area contributed by atoms with E-state index < -0.39 is 5.60 Å². The minimum absolute atomic E-state index is 0.302. The average molecular weight is 196 g/mol. The van der Waals surface area contributed by atoms with E-state index in [9.17, 15) is 5.11 Å². The van der Waals surface area contributed by atoms with Crippen molar-refractivity contribution in [3.8, 4) is 0 Å². The molecule has 0 radical (unpaired) electrons. The van der Waals surface area contributed by atoms with E-state index in [1.165, 1.54) is 4.80 Å². The van der Waals surface area contributed by atoms with E-state index in [1.807, 2.05) is 6.92 Å². The maximum Gasteiger partial charge on any atom is 0.206 e. The summed E-state index contributed by atoms with van der Waals surface area (Å²) in [6, 6.07) is 0. The lowest BCUT2D eigenvalue weighted by molar-refractivity contribution is -0.00456. The molecule has 1 fully saturated rings. The van der Waals surface area contributed by atoms with Crippen molar-refractivity contribution in [1.82, 2.24) is 20.2 Å². The first-order valence-electron chi connectivity index (χ1n) is 5.04. The van der Waals surface area contributed by atoms with Crippen LogP contribution in [0.1, 0.15) is 32.5 Å². The van der Waals surface area contributed by atoms with Crippen molar-refractivity contribution < 1.29 is 5.11 Å². The minimum atomic E-state index is -0.867. The highest BCUT2D eigenvalue weighted by atomic mass is 16.3. The first-order chi connectivity index (χ1) is 6.58. The predicted octanol–water partition coefficient (Wildman–Crippen LogP) is 0.464. The van der Waals surface area contributed by atoms with Gasteiger partial charge in [-0.25, -0.2) is 0 Å². The van der Waals surface area contributed by atoms with Crippen LogP contribution in [0.3, 0.4) is 0 Å². The molecule has 1 aliphatic carbocycles. The Morgan fingerprint density at radius 1 is 1.64 bits per heavy atom. The lowest BCUT2D eigenvalue weighted by Gasteiger charge is -2.22. The summed E-state index contributed by atoms with van der Waals surface area (Å²) in [5, 5.41) is 22.2. The Hall–Kier alpha value is -0.970. The molecular formula is C9H16N4O. The van der Waals surface area contributed by atoms with Gasteiger partial charge in [-0.1, -0.05) is 13.8 Å². The standard InChI is InChI=1S/C9H16N4O/c1-4-9(14,7-5-6(7)2)8-10-12-13(3)11-8/h6-7,14H,4-5H2,1-3H3.